The quantitative estimate of drug-likeness (QED) is 0.0635. The molecule has 4 heteroatoms. The van der Waals surface area contributed by atoms with Gasteiger partial charge in [-0.15, -0.1) is 0 Å². The third-order valence-electron chi connectivity index (χ3n) is 10.7. The van der Waals surface area contributed by atoms with Crippen molar-refractivity contribution in [2.24, 2.45) is 0 Å². The molecule has 0 amide bonds. The van der Waals surface area contributed by atoms with Gasteiger partial charge in [0.15, 0.2) is 22.7 Å². The van der Waals surface area contributed by atoms with E-state index in [9.17, 15) is 0 Å². The first kappa shape index (κ1) is 41.1. The van der Waals surface area contributed by atoms with Crippen molar-refractivity contribution in [3.63, 3.8) is 0 Å². The number of hydrogen-bond acceptors (Lipinski definition) is 4. The number of aryl methyl sites for hydroxylation is 2. The molecule has 0 fully saturated rings. The third kappa shape index (κ3) is 14.1. The molecular weight excluding hydrogens is 604 g/mol. The van der Waals surface area contributed by atoms with E-state index in [-0.39, 0.29) is 0 Å². The maximum Gasteiger partial charge on any atom is 0.204 e. The normalized spacial score (nSPS) is 11.6. The van der Waals surface area contributed by atoms with Crippen LogP contribution >= 0.6 is 0 Å². The maximum atomic E-state index is 6.55. The first-order valence-electron chi connectivity index (χ1n) is 20.9. The number of ether oxygens (including phenoxy) is 3. The van der Waals surface area contributed by atoms with Crippen LogP contribution in [0.15, 0.2) is 22.6 Å². The highest BCUT2D eigenvalue weighted by Crippen LogP contribution is 2.46. The number of furan rings is 1. The molecule has 1 aromatic heterocycles. The predicted octanol–water partition coefficient (Wildman–Crippen LogP) is 14.9. The summed E-state index contributed by atoms with van der Waals surface area (Å²) in [6, 6.07) is 6.75. The molecule has 3 aromatic rings. The molecule has 278 valence electrons. The van der Waals surface area contributed by atoms with Gasteiger partial charge in [-0.3, -0.25) is 0 Å². The van der Waals surface area contributed by atoms with Gasteiger partial charge in [-0.2, -0.15) is 0 Å². The second-order valence-electron chi connectivity index (χ2n) is 14.7. The fraction of sp³-hybridized carbons (Fsp3) is 0.733. The van der Waals surface area contributed by atoms with Gasteiger partial charge in [0, 0.05) is 10.8 Å². The van der Waals surface area contributed by atoms with Crippen LogP contribution in [0.25, 0.3) is 21.9 Å². The Kier molecular flexibility index (Phi) is 21.4. The molecule has 0 unspecified atom stereocenters. The van der Waals surface area contributed by atoms with Crippen LogP contribution in [0.2, 0.25) is 0 Å². The molecular formula is C45H74O4. The second kappa shape index (κ2) is 25.6. The van der Waals surface area contributed by atoms with Crippen LogP contribution in [0.1, 0.15) is 192 Å². The molecule has 3 rings (SSSR count). The van der Waals surface area contributed by atoms with Crippen LogP contribution in [0.5, 0.6) is 17.2 Å². The highest BCUT2D eigenvalue weighted by atomic mass is 16.5. The Balaban J connectivity index is 1.48. The molecule has 0 aliphatic carbocycles. The van der Waals surface area contributed by atoms with E-state index in [1.807, 2.05) is 0 Å². The van der Waals surface area contributed by atoms with E-state index in [0.29, 0.717) is 5.75 Å². The largest absolute Gasteiger partial charge is 0.493 e. The molecule has 0 spiro atoms. The number of rotatable bonds is 31. The Labute approximate surface area is 301 Å². The van der Waals surface area contributed by atoms with Crippen LogP contribution in [0.4, 0.5) is 0 Å². The summed E-state index contributed by atoms with van der Waals surface area (Å²) in [5, 5.41) is 2.18. The van der Waals surface area contributed by atoms with Gasteiger partial charge >= 0.3 is 0 Å². The molecule has 49 heavy (non-hydrogen) atoms. The maximum absolute atomic E-state index is 6.55. The highest BCUT2D eigenvalue weighted by Gasteiger charge is 2.23. The molecule has 0 saturated heterocycles. The van der Waals surface area contributed by atoms with Gasteiger partial charge < -0.3 is 18.6 Å². The molecule has 1 heterocycles. The summed E-state index contributed by atoms with van der Waals surface area (Å²) in [7, 11) is 5.23. The minimum Gasteiger partial charge on any atom is -0.493 e. The van der Waals surface area contributed by atoms with Crippen molar-refractivity contribution < 1.29 is 18.6 Å². The fourth-order valence-electron chi connectivity index (χ4n) is 7.68. The molecule has 2 aromatic carbocycles. The summed E-state index contributed by atoms with van der Waals surface area (Å²) in [5.74, 6) is 2.37. The van der Waals surface area contributed by atoms with Crippen LogP contribution in [-0.2, 0) is 12.8 Å². The van der Waals surface area contributed by atoms with Gasteiger partial charge in [-0.1, -0.05) is 174 Å². The Hall–Kier alpha value is -2.36. The van der Waals surface area contributed by atoms with Gasteiger partial charge in [-0.25, -0.2) is 0 Å². The summed E-state index contributed by atoms with van der Waals surface area (Å²) in [5.41, 5.74) is 4.01. The van der Waals surface area contributed by atoms with E-state index in [1.54, 1.807) is 21.3 Å². The zero-order valence-electron chi connectivity index (χ0n) is 32.7. The molecule has 4 nitrogen and oxygen atoms in total. The molecule has 0 atom stereocenters. The van der Waals surface area contributed by atoms with Crippen LogP contribution in [-0.4, -0.2) is 21.3 Å². The predicted molar refractivity (Wildman–Crippen MR) is 212 cm³/mol. The highest BCUT2D eigenvalue weighted by molar-refractivity contribution is 6.10. The minimum absolute atomic E-state index is 0.695. The van der Waals surface area contributed by atoms with Crippen molar-refractivity contribution in [1.29, 1.82) is 0 Å². The molecule has 0 saturated carbocycles. The van der Waals surface area contributed by atoms with Crippen LogP contribution in [0, 0.1) is 0 Å². The first-order chi connectivity index (χ1) is 24.2. The Bertz CT molecular complexity index is 1270. The van der Waals surface area contributed by atoms with Crippen LogP contribution in [0.3, 0.4) is 0 Å². The molecule has 0 bridgehead atoms. The van der Waals surface area contributed by atoms with Crippen molar-refractivity contribution in [2.45, 2.75) is 194 Å². The van der Waals surface area contributed by atoms with E-state index in [0.717, 1.165) is 52.7 Å². The van der Waals surface area contributed by atoms with Gasteiger partial charge in [0.1, 0.15) is 0 Å². The van der Waals surface area contributed by atoms with E-state index in [2.05, 4.69) is 32.0 Å². The van der Waals surface area contributed by atoms with Gasteiger partial charge in [-0.05, 0) is 48.9 Å². The summed E-state index contributed by atoms with van der Waals surface area (Å²) < 4.78 is 24.4. The lowest BCUT2D eigenvalue weighted by Crippen LogP contribution is -1.97. The number of methoxy groups -OCH3 is 3. The van der Waals surface area contributed by atoms with Crippen molar-refractivity contribution in [3.05, 3.63) is 29.3 Å². The Morgan fingerprint density at radius 2 is 0.755 bits per heavy atom. The Morgan fingerprint density at radius 1 is 0.388 bits per heavy atom. The van der Waals surface area contributed by atoms with E-state index >= 15 is 0 Å². The fourth-order valence-corrected chi connectivity index (χ4v) is 7.68. The van der Waals surface area contributed by atoms with E-state index in [1.165, 1.54) is 172 Å². The van der Waals surface area contributed by atoms with Gasteiger partial charge in [0.2, 0.25) is 5.75 Å². The summed E-state index contributed by atoms with van der Waals surface area (Å²) >= 11 is 0. The SMILES string of the molecule is CCCCCCCCCCCCCCCc1cc2c(oc3c(OC)c(CCCCCCCCCCCCCCC)ccc32)c(OC)c1OC. The number of benzene rings is 2. The molecule has 0 radical (unpaired) electrons. The molecule has 0 aliphatic rings. The lowest BCUT2D eigenvalue weighted by Gasteiger charge is -2.13. The third-order valence-corrected chi connectivity index (χ3v) is 10.7. The average Bonchev–Trinajstić information content (AvgIpc) is 3.49. The number of hydrogen-bond donors (Lipinski definition) is 0. The Morgan fingerprint density at radius 3 is 1.16 bits per heavy atom. The molecule has 0 N–H and O–H groups in total. The van der Waals surface area contributed by atoms with Gasteiger partial charge in [0.25, 0.3) is 0 Å². The van der Waals surface area contributed by atoms with Crippen molar-refractivity contribution >= 4 is 21.9 Å². The zero-order valence-corrected chi connectivity index (χ0v) is 32.7. The van der Waals surface area contributed by atoms with Crippen molar-refractivity contribution in [3.8, 4) is 17.2 Å². The lowest BCUT2D eigenvalue weighted by molar-refractivity contribution is 0.350. The lowest BCUT2D eigenvalue weighted by atomic mass is 9.99. The molecule has 0 aliphatic heterocycles. The zero-order chi connectivity index (χ0) is 34.9. The monoisotopic (exact) mass is 679 g/mol. The topological polar surface area (TPSA) is 40.8 Å². The smallest absolute Gasteiger partial charge is 0.204 e. The minimum atomic E-state index is 0.695. The van der Waals surface area contributed by atoms with Crippen molar-refractivity contribution in [1.82, 2.24) is 0 Å². The number of unbranched alkanes of at least 4 members (excludes halogenated alkanes) is 24. The second-order valence-corrected chi connectivity index (χ2v) is 14.7. The summed E-state index contributed by atoms with van der Waals surface area (Å²) in [6.45, 7) is 4.58. The van der Waals surface area contributed by atoms with E-state index in [4.69, 9.17) is 18.6 Å². The van der Waals surface area contributed by atoms with E-state index < -0.39 is 0 Å². The average molecular weight is 679 g/mol. The van der Waals surface area contributed by atoms with Crippen LogP contribution < -0.4 is 14.2 Å². The van der Waals surface area contributed by atoms with Crippen molar-refractivity contribution in [2.75, 3.05) is 21.3 Å². The van der Waals surface area contributed by atoms with Gasteiger partial charge in [0.05, 0.1) is 21.3 Å². The number of fused-ring (bicyclic) bond motifs is 3. The first-order valence-corrected chi connectivity index (χ1v) is 20.9. The summed E-state index contributed by atoms with van der Waals surface area (Å²) in [6.07, 6.45) is 37.5. The summed E-state index contributed by atoms with van der Waals surface area (Å²) in [4.78, 5) is 0. The standard InChI is InChI=1S/C45H74O4/c1-6-8-10-12-14-16-18-20-22-24-26-28-30-32-37-34-35-39-40-36-38(33-31-29-27-25-23-21-19-17-15-13-11-9-7-2)42(47-4)45(48-5)44(40)49-43(39)41(37)46-3/h34-36H,6-33H2,1-5H3.